The quantitative estimate of drug-likeness (QED) is 0.828. The van der Waals surface area contributed by atoms with Gasteiger partial charge < -0.3 is 25.2 Å². The van der Waals surface area contributed by atoms with Gasteiger partial charge in [0, 0.05) is 39.8 Å². The Balaban J connectivity index is 1.47. The summed E-state index contributed by atoms with van der Waals surface area (Å²) in [6.07, 6.45) is 7.17. The fourth-order valence-electron chi connectivity index (χ4n) is 3.79. The lowest BCUT2D eigenvalue weighted by atomic mass is 10.1. The zero-order valence-corrected chi connectivity index (χ0v) is 16.8. The Morgan fingerprint density at radius 1 is 1.26 bits per heavy atom. The molecule has 150 valence electrons. The summed E-state index contributed by atoms with van der Waals surface area (Å²) < 4.78 is 5.68. The third kappa shape index (κ3) is 5.48. The number of amides is 2. The molecule has 3 rings (SSSR count). The minimum absolute atomic E-state index is 0.0376. The number of pyridine rings is 1. The summed E-state index contributed by atoms with van der Waals surface area (Å²) in [5.41, 5.74) is 1.04. The Morgan fingerprint density at radius 2 is 2.11 bits per heavy atom. The van der Waals surface area contributed by atoms with E-state index in [4.69, 9.17) is 4.74 Å². The number of hydrogen-bond acceptors (Lipinski definition) is 5. The van der Waals surface area contributed by atoms with E-state index in [1.165, 1.54) is 0 Å². The van der Waals surface area contributed by atoms with Crippen LogP contribution in [0.15, 0.2) is 18.3 Å². The zero-order valence-electron chi connectivity index (χ0n) is 16.8. The Morgan fingerprint density at radius 3 is 2.78 bits per heavy atom. The van der Waals surface area contributed by atoms with Crippen LogP contribution in [0.3, 0.4) is 0 Å². The van der Waals surface area contributed by atoms with Gasteiger partial charge in [-0.1, -0.05) is 0 Å². The summed E-state index contributed by atoms with van der Waals surface area (Å²) in [6, 6.07) is 4.56. The van der Waals surface area contributed by atoms with E-state index in [1.807, 2.05) is 43.1 Å². The Labute approximate surface area is 162 Å². The van der Waals surface area contributed by atoms with E-state index in [0.29, 0.717) is 6.04 Å². The van der Waals surface area contributed by atoms with Crippen LogP contribution < -0.4 is 15.5 Å². The summed E-state index contributed by atoms with van der Waals surface area (Å²) in [6.45, 7) is 4.43. The fourth-order valence-corrected chi connectivity index (χ4v) is 3.79. The van der Waals surface area contributed by atoms with Gasteiger partial charge >= 0.3 is 6.03 Å². The molecule has 0 unspecified atom stereocenters. The molecule has 2 amide bonds. The largest absolute Gasteiger partial charge is 0.381 e. The molecule has 2 fully saturated rings. The van der Waals surface area contributed by atoms with Gasteiger partial charge in [-0.2, -0.15) is 0 Å². The summed E-state index contributed by atoms with van der Waals surface area (Å²) in [5, 5.41) is 6.70. The van der Waals surface area contributed by atoms with Gasteiger partial charge in [0.2, 0.25) is 0 Å². The average molecular weight is 376 g/mol. The predicted molar refractivity (Wildman–Crippen MR) is 108 cm³/mol. The maximum absolute atomic E-state index is 12.6. The molecule has 0 aromatic carbocycles. The van der Waals surface area contributed by atoms with Crippen molar-refractivity contribution in [2.45, 2.75) is 57.2 Å². The van der Waals surface area contributed by atoms with Crippen molar-refractivity contribution in [3.63, 3.8) is 0 Å². The summed E-state index contributed by atoms with van der Waals surface area (Å²) >= 11 is 0. The first-order valence-corrected chi connectivity index (χ1v) is 10.1. The number of anilines is 2. The number of nitrogens with zero attached hydrogens (tertiary/aromatic N) is 3. The highest BCUT2D eigenvalue weighted by Crippen LogP contribution is 2.19. The summed E-state index contributed by atoms with van der Waals surface area (Å²) in [7, 11) is 3.97. The molecule has 7 nitrogen and oxygen atoms in total. The lowest BCUT2D eigenvalue weighted by Crippen LogP contribution is -2.48. The number of ether oxygens (including phenoxy) is 1. The topological polar surface area (TPSA) is 69.7 Å². The molecule has 1 aromatic rings. The second-order valence-electron chi connectivity index (χ2n) is 7.85. The van der Waals surface area contributed by atoms with Gasteiger partial charge in [0.1, 0.15) is 5.82 Å². The highest BCUT2D eigenvalue weighted by molar-refractivity contribution is 5.74. The number of rotatable bonds is 5. The molecule has 0 saturated carbocycles. The van der Waals surface area contributed by atoms with Crippen LogP contribution in [-0.4, -0.2) is 67.9 Å². The third-order valence-corrected chi connectivity index (χ3v) is 5.47. The number of hydrogen-bond donors (Lipinski definition) is 2. The number of likely N-dealkylation sites (tertiary alicyclic amines) is 1. The van der Waals surface area contributed by atoms with E-state index in [9.17, 15) is 4.79 Å². The molecular formula is C20H33N5O2. The normalized spacial score (nSPS) is 24.2. The molecule has 2 aliphatic heterocycles. The molecule has 27 heavy (non-hydrogen) atoms. The van der Waals surface area contributed by atoms with Crippen molar-refractivity contribution in [2.75, 3.05) is 44.0 Å². The fraction of sp³-hybridized carbons (Fsp3) is 0.700. The number of carbonyl (C=O) groups excluding carboxylic acids is 1. The van der Waals surface area contributed by atoms with E-state index in [1.54, 1.807) is 0 Å². The minimum Gasteiger partial charge on any atom is -0.381 e. The number of nitrogens with one attached hydrogen (secondary N) is 2. The van der Waals surface area contributed by atoms with Crippen LogP contribution in [0.5, 0.6) is 0 Å². The average Bonchev–Trinajstić information content (AvgIpc) is 3.09. The lowest BCUT2D eigenvalue weighted by Gasteiger charge is -2.26. The molecule has 0 aliphatic carbocycles. The van der Waals surface area contributed by atoms with Crippen molar-refractivity contribution in [3.8, 4) is 0 Å². The third-order valence-electron chi connectivity index (χ3n) is 5.47. The van der Waals surface area contributed by atoms with Crippen LogP contribution in [0.2, 0.25) is 0 Å². The zero-order chi connectivity index (χ0) is 19.2. The smallest absolute Gasteiger partial charge is 0.317 e. The van der Waals surface area contributed by atoms with E-state index >= 15 is 0 Å². The molecule has 7 heteroatoms. The van der Waals surface area contributed by atoms with Gasteiger partial charge in [0.05, 0.1) is 24.0 Å². The summed E-state index contributed by atoms with van der Waals surface area (Å²) in [4.78, 5) is 21.0. The minimum atomic E-state index is 0.0376. The van der Waals surface area contributed by atoms with Crippen molar-refractivity contribution in [1.29, 1.82) is 0 Å². The van der Waals surface area contributed by atoms with Crippen molar-refractivity contribution in [3.05, 3.63) is 18.3 Å². The molecule has 2 saturated heterocycles. The molecule has 0 radical (unpaired) electrons. The Bertz CT molecular complexity index is 601. The monoisotopic (exact) mass is 375 g/mol. The summed E-state index contributed by atoms with van der Waals surface area (Å²) in [5.74, 6) is 0.949. The van der Waals surface area contributed by atoms with E-state index in [2.05, 4.69) is 21.7 Å². The number of urea groups is 1. The van der Waals surface area contributed by atoms with Gasteiger partial charge in [-0.05, 0) is 51.2 Å². The van der Waals surface area contributed by atoms with E-state index < -0.39 is 0 Å². The van der Waals surface area contributed by atoms with Crippen LogP contribution in [0.25, 0.3) is 0 Å². The van der Waals surface area contributed by atoms with Crippen molar-refractivity contribution in [1.82, 2.24) is 15.2 Å². The molecular weight excluding hydrogens is 342 g/mol. The second-order valence-corrected chi connectivity index (χ2v) is 7.85. The SMILES string of the molecule is C[C@H](NC(=O)N1CCC[C@H](Nc2ccc(N(C)C)nc2)CC1)[C@@H]1CCCO1. The molecule has 2 aliphatic rings. The second kappa shape index (κ2) is 9.26. The van der Waals surface area contributed by atoms with Gasteiger partial charge in [-0.3, -0.25) is 0 Å². The molecule has 1 aromatic heterocycles. The maximum Gasteiger partial charge on any atom is 0.317 e. The first kappa shape index (κ1) is 19.7. The van der Waals surface area contributed by atoms with Crippen molar-refractivity contribution < 1.29 is 9.53 Å². The van der Waals surface area contributed by atoms with Crippen LogP contribution >= 0.6 is 0 Å². The van der Waals surface area contributed by atoms with Crippen LogP contribution in [0, 0.1) is 0 Å². The molecule has 0 bridgehead atoms. The highest BCUT2D eigenvalue weighted by atomic mass is 16.5. The van der Waals surface area contributed by atoms with E-state index in [0.717, 1.165) is 63.3 Å². The van der Waals surface area contributed by atoms with Gasteiger partial charge in [-0.25, -0.2) is 9.78 Å². The van der Waals surface area contributed by atoms with Crippen LogP contribution in [-0.2, 0) is 4.74 Å². The predicted octanol–water partition coefficient (Wildman–Crippen LogP) is 2.69. The standard InChI is InChI=1S/C20H33N5O2/c1-15(18-7-5-13-27-18)22-20(26)25-11-4-6-16(10-12-25)23-17-8-9-19(21-14-17)24(2)3/h8-9,14-16,18,23H,4-7,10-13H2,1-3H3,(H,22,26)/t15-,16-,18-/m0/s1. The highest BCUT2D eigenvalue weighted by Gasteiger charge is 2.26. The van der Waals surface area contributed by atoms with Gasteiger partial charge in [0.15, 0.2) is 0 Å². The van der Waals surface area contributed by atoms with Crippen molar-refractivity contribution >= 4 is 17.5 Å². The lowest BCUT2D eigenvalue weighted by molar-refractivity contribution is 0.0834. The molecule has 3 heterocycles. The number of carbonyl (C=O) groups is 1. The first-order chi connectivity index (χ1) is 13.0. The van der Waals surface area contributed by atoms with Crippen molar-refractivity contribution in [2.24, 2.45) is 0 Å². The van der Waals surface area contributed by atoms with E-state index in [-0.39, 0.29) is 18.2 Å². The van der Waals surface area contributed by atoms with Crippen LogP contribution in [0.4, 0.5) is 16.3 Å². The maximum atomic E-state index is 12.6. The molecule has 0 spiro atoms. The first-order valence-electron chi connectivity index (χ1n) is 10.1. The number of aromatic nitrogens is 1. The molecule has 3 atom stereocenters. The Kier molecular flexibility index (Phi) is 6.77. The van der Waals surface area contributed by atoms with Gasteiger partial charge in [0.25, 0.3) is 0 Å². The van der Waals surface area contributed by atoms with Gasteiger partial charge in [-0.15, -0.1) is 0 Å². The van der Waals surface area contributed by atoms with Crippen LogP contribution in [0.1, 0.15) is 39.0 Å². The molecule has 2 N–H and O–H groups in total. The Hall–Kier alpha value is -2.02.